The zero-order valence-corrected chi connectivity index (χ0v) is 19.3. The Hall–Kier alpha value is -1.43. The highest BCUT2D eigenvalue weighted by atomic mass is 127. The predicted molar refractivity (Wildman–Crippen MR) is 118 cm³/mol. The first-order valence-electron chi connectivity index (χ1n) is 9.74. The second-order valence-electron chi connectivity index (χ2n) is 7.52. The van der Waals surface area contributed by atoms with Crippen molar-refractivity contribution in [3.05, 3.63) is 11.6 Å². The summed E-state index contributed by atoms with van der Waals surface area (Å²) in [4.78, 5) is 22.5. The van der Waals surface area contributed by atoms with Gasteiger partial charge in [-0.2, -0.15) is 5.10 Å². The van der Waals surface area contributed by atoms with Gasteiger partial charge in [-0.3, -0.25) is 4.79 Å². The molecule has 2 heterocycles. The number of nitrogens with one attached hydrogen (secondary N) is 2. The van der Waals surface area contributed by atoms with Gasteiger partial charge in [0.05, 0.1) is 6.54 Å². The molecule has 0 bridgehead atoms. The van der Waals surface area contributed by atoms with Crippen LogP contribution in [0.4, 0.5) is 0 Å². The molecule has 1 aromatic heterocycles. The van der Waals surface area contributed by atoms with Gasteiger partial charge in [0.2, 0.25) is 5.91 Å². The van der Waals surface area contributed by atoms with Crippen molar-refractivity contribution in [2.75, 3.05) is 27.7 Å². The number of halogens is 1. The first-order chi connectivity index (χ1) is 13.0. The van der Waals surface area contributed by atoms with Crippen molar-refractivity contribution in [3.8, 4) is 0 Å². The van der Waals surface area contributed by atoms with Crippen LogP contribution in [0.3, 0.4) is 0 Å². The standard InChI is InChI=1S/C18H31N7O2.HI/c1-24(2)17(26)10-19-18(20-13-6-4-5-7-13)21-14-8-9-16-22-15(12-27-3)23-25(16)11-14;/h13-14H,4-12H2,1-3H3,(H2,19,20,21);1H. The van der Waals surface area contributed by atoms with E-state index in [0.717, 1.165) is 49.8 Å². The molecule has 1 aliphatic heterocycles. The molecule has 0 aromatic carbocycles. The lowest BCUT2D eigenvalue weighted by atomic mass is 10.1. The number of guanidine groups is 1. The Morgan fingerprint density at radius 2 is 1.96 bits per heavy atom. The maximum atomic E-state index is 11.9. The molecule has 1 atom stereocenters. The van der Waals surface area contributed by atoms with Crippen LogP contribution in [0.2, 0.25) is 0 Å². The van der Waals surface area contributed by atoms with E-state index in [9.17, 15) is 4.79 Å². The van der Waals surface area contributed by atoms with Crippen LogP contribution >= 0.6 is 24.0 Å². The Morgan fingerprint density at radius 3 is 2.64 bits per heavy atom. The summed E-state index contributed by atoms with van der Waals surface area (Å²) in [5, 5.41) is 11.5. The minimum atomic E-state index is -0.00561. The van der Waals surface area contributed by atoms with Crippen LogP contribution in [0, 0.1) is 0 Å². The van der Waals surface area contributed by atoms with Gasteiger partial charge in [0.15, 0.2) is 11.8 Å². The van der Waals surface area contributed by atoms with Crippen molar-refractivity contribution in [1.82, 2.24) is 30.3 Å². The maximum Gasteiger partial charge on any atom is 0.243 e. The van der Waals surface area contributed by atoms with Crippen LogP contribution in [0.1, 0.15) is 43.8 Å². The summed E-state index contributed by atoms with van der Waals surface area (Å²) in [6, 6.07) is 0.640. The van der Waals surface area contributed by atoms with Crippen molar-refractivity contribution < 1.29 is 9.53 Å². The van der Waals surface area contributed by atoms with Gasteiger partial charge in [-0.1, -0.05) is 12.8 Å². The van der Waals surface area contributed by atoms with Crippen LogP contribution in [0.5, 0.6) is 0 Å². The number of rotatable bonds is 6. The van der Waals surface area contributed by atoms with Gasteiger partial charge in [-0.15, -0.1) is 24.0 Å². The van der Waals surface area contributed by atoms with Gasteiger partial charge in [-0.25, -0.2) is 14.7 Å². The molecule has 0 spiro atoms. The quantitative estimate of drug-likeness (QED) is 0.339. The lowest BCUT2D eigenvalue weighted by Gasteiger charge is -2.27. The molecule has 1 saturated carbocycles. The molecule has 2 aliphatic rings. The third-order valence-electron chi connectivity index (χ3n) is 5.08. The molecular formula is C18H32IN7O2. The maximum absolute atomic E-state index is 11.9. The fraction of sp³-hybridized carbons (Fsp3) is 0.778. The molecule has 9 nitrogen and oxygen atoms in total. The third kappa shape index (κ3) is 6.29. The number of ether oxygens (including phenoxy) is 1. The van der Waals surface area contributed by atoms with E-state index >= 15 is 0 Å². The largest absolute Gasteiger partial charge is 0.377 e. The number of hydrogen-bond donors (Lipinski definition) is 2. The van der Waals surface area contributed by atoms with Crippen LogP contribution in [0.15, 0.2) is 4.99 Å². The average Bonchev–Trinajstić information content (AvgIpc) is 3.28. The number of methoxy groups -OCH3 is 1. The summed E-state index contributed by atoms with van der Waals surface area (Å²) in [5.41, 5.74) is 0. The molecule has 28 heavy (non-hydrogen) atoms. The minimum absolute atomic E-state index is 0. The molecule has 158 valence electrons. The minimum Gasteiger partial charge on any atom is -0.377 e. The predicted octanol–water partition coefficient (Wildman–Crippen LogP) is 0.923. The van der Waals surface area contributed by atoms with Gasteiger partial charge in [0.25, 0.3) is 0 Å². The van der Waals surface area contributed by atoms with Gasteiger partial charge in [0.1, 0.15) is 19.0 Å². The van der Waals surface area contributed by atoms with E-state index < -0.39 is 0 Å². The van der Waals surface area contributed by atoms with E-state index in [1.165, 1.54) is 12.8 Å². The Labute approximate surface area is 183 Å². The normalized spacial score (nSPS) is 19.7. The summed E-state index contributed by atoms with van der Waals surface area (Å²) in [7, 11) is 5.15. The Morgan fingerprint density at radius 1 is 1.25 bits per heavy atom. The average molecular weight is 505 g/mol. The molecule has 2 N–H and O–H groups in total. The molecule has 10 heteroatoms. The lowest BCUT2D eigenvalue weighted by molar-refractivity contribution is -0.127. The number of likely N-dealkylation sites (N-methyl/N-ethyl adjacent to an activating group) is 1. The summed E-state index contributed by atoms with van der Waals surface area (Å²) < 4.78 is 7.08. The molecule has 0 radical (unpaired) electrons. The van der Waals surface area contributed by atoms with Crippen molar-refractivity contribution in [3.63, 3.8) is 0 Å². The van der Waals surface area contributed by atoms with Crippen LogP contribution in [-0.2, 0) is 29.1 Å². The van der Waals surface area contributed by atoms with Crippen LogP contribution in [-0.4, -0.2) is 71.4 Å². The molecule has 1 aromatic rings. The molecule has 1 aliphatic carbocycles. The second-order valence-corrected chi connectivity index (χ2v) is 7.52. The number of amides is 1. The highest BCUT2D eigenvalue weighted by Crippen LogP contribution is 2.18. The highest BCUT2D eigenvalue weighted by Gasteiger charge is 2.24. The molecule has 3 rings (SSSR count). The first kappa shape index (κ1) is 22.9. The topological polar surface area (TPSA) is 96.7 Å². The van der Waals surface area contributed by atoms with Gasteiger partial charge in [-0.05, 0) is 19.3 Å². The van der Waals surface area contributed by atoms with Crippen molar-refractivity contribution in [1.29, 1.82) is 0 Å². The molecule has 0 saturated heterocycles. The molecule has 1 amide bonds. The summed E-state index contributed by atoms with van der Waals surface area (Å²) in [6.45, 7) is 1.31. The second kappa shape index (κ2) is 10.9. The monoisotopic (exact) mass is 505 g/mol. The fourth-order valence-electron chi connectivity index (χ4n) is 3.55. The van der Waals surface area contributed by atoms with Crippen molar-refractivity contribution in [2.24, 2.45) is 4.99 Å². The Kier molecular flexibility index (Phi) is 8.93. The Balaban J connectivity index is 0.00000280. The third-order valence-corrected chi connectivity index (χ3v) is 5.08. The van der Waals surface area contributed by atoms with Gasteiger partial charge in [0, 0.05) is 39.7 Å². The lowest BCUT2D eigenvalue weighted by Crippen LogP contribution is -2.49. The smallest absolute Gasteiger partial charge is 0.243 e. The summed E-state index contributed by atoms with van der Waals surface area (Å²) >= 11 is 0. The van der Waals surface area contributed by atoms with Crippen LogP contribution in [0.25, 0.3) is 0 Å². The Bertz CT molecular complexity index is 671. The molecule has 1 unspecified atom stereocenters. The summed E-state index contributed by atoms with van der Waals surface area (Å²) in [6.07, 6.45) is 6.62. The number of aliphatic imine (C=N–C) groups is 1. The number of carbonyl (C=O) groups is 1. The van der Waals surface area contributed by atoms with Crippen LogP contribution < -0.4 is 10.6 Å². The SMILES string of the molecule is COCc1nc2n(n1)CC(NC(=NCC(=O)N(C)C)NC1CCCC1)CC2.I. The number of carbonyl (C=O) groups excluding carboxylic acids is 1. The van der Waals surface area contributed by atoms with E-state index in [1.807, 2.05) is 4.68 Å². The highest BCUT2D eigenvalue weighted by molar-refractivity contribution is 14.0. The van der Waals surface area contributed by atoms with Gasteiger partial charge >= 0.3 is 0 Å². The number of hydrogen-bond acceptors (Lipinski definition) is 5. The molecule has 1 fully saturated rings. The van der Waals surface area contributed by atoms with E-state index in [0.29, 0.717) is 12.6 Å². The van der Waals surface area contributed by atoms with E-state index in [2.05, 4.69) is 25.7 Å². The zero-order chi connectivity index (χ0) is 19.2. The van der Waals surface area contributed by atoms with E-state index in [4.69, 9.17) is 4.74 Å². The van der Waals surface area contributed by atoms with E-state index in [-0.39, 0.29) is 42.5 Å². The fourth-order valence-corrected chi connectivity index (χ4v) is 3.55. The van der Waals surface area contributed by atoms with Gasteiger partial charge < -0.3 is 20.3 Å². The first-order valence-corrected chi connectivity index (χ1v) is 9.74. The number of aryl methyl sites for hydroxylation is 1. The number of aromatic nitrogens is 3. The number of fused-ring (bicyclic) bond motifs is 1. The van der Waals surface area contributed by atoms with Crippen molar-refractivity contribution >= 4 is 35.8 Å². The zero-order valence-electron chi connectivity index (χ0n) is 17.0. The van der Waals surface area contributed by atoms with Crippen molar-refractivity contribution in [2.45, 2.75) is 63.8 Å². The number of nitrogens with zero attached hydrogens (tertiary/aromatic N) is 5. The van der Waals surface area contributed by atoms with E-state index in [1.54, 1.807) is 26.1 Å². The molecular weight excluding hydrogens is 473 g/mol. The summed E-state index contributed by atoms with van der Waals surface area (Å²) in [5.74, 6) is 2.45.